The highest BCUT2D eigenvalue weighted by molar-refractivity contribution is 7.80. The molecular formula is C42H59N9O14S2. The number of aromatic hydroxyl groups is 1. The van der Waals surface area contributed by atoms with Crippen molar-refractivity contribution in [3.63, 3.8) is 0 Å². The molecule has 0 radical (unpaired) electrons. The van der Waals surface area contributed by atoms with Gasteiger partial charge in [0, 0.05) is 30.8 Å². The van der Waals surface area contributed by atoms with Crippen molar-refractivity contribution < 1.29 is 68.4 Å². The highest BCUT2D eigenvalue weighted by Crippen LogP contribution is 2.13. The molecule has 0 aliphatic carbocycles. The van der Waals surface area contributed by atoms with Gasteiger partial charge < -0.3 is 68.7 Å². The summed E-state index contributed by atoms with van der Waals surface area (Å²) in [5.41, 5.74) is 6.88. The number of nitrogens with two attached hydrogens (primary N) is 1. The number of aliphatic carboxylic acids is 2. The van der Waals surface area contributed by atoms with Crippen LogP contribution in [-0.4, -0.2) is 153 Å². The molecule has 2 aromatic rings. The van der Waals surface area contributed by atoms with Crippen molar-refractivity contribution >= 4 is 84.5 Å². The smallest absolute Gasteiger partial charge is 0.327 e. The number of aliphatic hydroxyl groups excluding tert-OH is 1. The number of hydrogen-bond acceptors (Lipinski definition) is 15. The molecule has 8 unspecified atom stereocenters. The minimum Gasteiger partial charge on any atom is -0.508 e. The zero-order chi connectivity index (χ0) is 50.2. The average Bonchev–Trinajstić information content (AvgIpc) is 3.30. The number of carboxylic acids is 2. The molecule has 0 saturated carbocycles. The predicted molar refractivity (Wildman–Crippen MR) is 246 cm³/mol. The average molecular weight is 978 g/mol. The lowest BCUT2D eigenvalue weighted by Gasteiger charge is -2.27. The van der Waals surface area contributed by atoms with E-state index in [1.54, 1.807) is 44.2 Å². The Morgan fingerprint density at radius 1 is 0.597 bits per heavy atom. The predicted octanol–water partition coefficient (Wildman–Crippen LogP) is -3.51. The summed E-state index contributed by atoms with van der Waals surface area (Å²) >= 11 is 7.95. The van der Waals surface area contributed by atoms with Gasteiger partial charge in [0.25, 0.3) is 0 Å². The first-order chi connectivity index (χ1) is 31.7. The fourth-order valence-electron chi connectivity index (χ4n) is 5.97. The van der Waals surface area contributed by atoms with Gasteiger partial charge in [0.2, 0.25) is 47.3 Å². The second-order valence-corrected chi connectivity index (χ2v) is 15.9. The van der Waals surface area contributed by atoms with E-state index in [-0.39, 0.29) is 30.1 Å². The molecule has 23 nitrogen and oxygen atoms in total. The number of carbonyl (C=O) groups is 10. The van der Waals surface area contributed by atoms with E-state index in [9.17, 15) is 68.4 Å². The summed E-state index contributed by atoms with van der Waals surface area (Å²) in [7, 11) is 0. The minimum absolute atomic E-state index is 0.0439. The Morgan fingerprint density at radius 3 is 1.61 bits per heavy atom. The first kappa shape index (κ1) is 56.7. The van der Waals surface area contributed by atoms with Crippen LogP contribution in [0.4, 0.5) is 0 Å². The number of thiol groups is 2. The van der Waals surface area contributed by atoms with Crippen molar-refractivity contribution in [2.24, 2.45) is 11.7 Å². The van der Waals surface area contributed by atoms with Crippen molar-refractivity contribution in [3.8, 4) is 5.75 Å². The summed E-state index contributed by atoms with van der Waals surface area (Å²) in [5, 5.41) is 57.2. The van der Waals surface area contributed by atoms with E-state index in [0.717, 1.165) is 0 Å². The quantitative estimate of drug-likeness (QED) is 0.0352. The number of amides is 8. The molecule has 0 saturated heterocycles. The van der Waals surface area contributed by atoms with Crippen LogP contribution >= 0.6 is 25.3 Å². The maximum absolute atomic E-state index is 13.7. The molecule has 0 spiro atoms. The Kier molecular flexibility index (Phi) is 24.8. The molecule has 8 atom stereocenters. The zero-order valence-corrected chi connectivity index (χ0v) is 38.5. The highest BCUT2D eigenvalue weighted by Gasteiger charge is 2.33. The Morgan fingerprint density at radius 2 is 1.09 bits per heavy atom. The monoisotopic (exact) mass is 977 g/mol. The first-order valence-corrected chi connectivity index (χ1v) is 22.2. The Hall–Kier alpha value is -6.44. The maximum Gasteiger partial charge on any atom is 0.327 e. The lowest BCUT2D eigenvalue weighted by Crippen LogP contribution is -2.59. The van der Waals surface area contributed by atoms with Crippen LogP contribution in [0.3, 0.4) is 0 Å². The molecule has 14 N–H and O–H groups in total. The molecule has 0 aliphatic rings. The van der Waals surface area contributed by atoms with Gasteiger partial charge in [0.15, 0.2) is 0 Å². The van der Waals surface area contributed by atoms with Crippen molar-refractivity contribution in [1.29, 1.82) is 0 Å². The van der Waals surface area contributed by atoms with Gasteiger partial charge >= 0.3 is 11.9 Å². The molecule has 2 aromatic carbocycles. The number of phenolic OH excluding ortho intramolecular Hbond substituents is 1. The molecule has 368 valence electrons. The van der Waals surface area contributed by atoms with E-state index in [2.05, 4.69) is 67.8 Å². The third-order valence-electron chi connectivity index (χ3n) is 10.0. The molecular weight excluding hydrogens is 919 g/mol. The number of carboxylic acid groups (broad SMARTS) is 2. The zero-order valence-electron chi connectivity index (χ0n) is 36.7. The van der Waals surface area contributed by atoms with Crippen molar-refractivity contribution in [2.45, 2.75) is 88.2 Å². The lowest BCUT2D eigenvalue weighted by atomic mass is 9.97. The van der Waals surface area contributed by atoms with Gasteiger partial charge in [-0.25, -0.2) is 4.79 Å². The van der Waals surface area contributed by atoms with Crippen molar-refractivity contribution in [1.82, 2.24) is 42.5 Å². The van der Waals surface area contributed by atoms with E-state index in [1.165, 1.54) is 24.3 Å². The Labute approximate surface area is 396 Å². The third kappa shape index (κ3) is 20.3. The van der Waals surface area contributed by atoms with E-state index in [0.29, 0.717) is 17.5 Å². The SMILES string of the molecule is CCC(C)C(NC(=O)CNC(=O)C(CO)NC(=O)C(CCC(=O)O)NC(=O)CNC(=O)C(Cc1ccc(O)cc1)NC(=O)C(N)CS)C(=O)NC(Cc1ccccc1)C(=O)NC(CS)C(=O)O. The van der Waals surface area contributed by atoms with E-state index >= 15 is 0 Å². The lowest BCUT2D eigenvalue weighted by molar-refractivity contribution is -0.141. The molecule has 0 aromatic heterocycles. The summed E-state index contributed by atoms with van der Waals surface area (Å²) in [6.07, 6.45) is -0.928. The van der Waals surface area contributed by atoms with Gasteiger partial charge in [-0.3, -0.25) is 43.2 Å². The fraction of sp³-hybridized carbons (Fsp3) is 0.476. The Balaban J connectivity index is 2.11. The van der Waals surface area contributed by atoms with Gasteiger partial charge in [-0.2, -0.15) is 25.3 Å². The largest absolute Gasteiger partial charge is 0.508 e. The molecule has 0 bridgehead atoms. The second-order valence-electron chi connectivity index (χ2n) is 15.2. The van der Waals surface area contributed by atoms with Crippen LogP contribution in [0, 0.1) is 5.92 Å². The molecule has 2 rings (SSSR count). The topological polar surface area (TPSA) is 374 Å². The minimum atomic E-state index is -1.74. The molecule has 8 amide bonds. The van der Waals surface area contributed by atoms with E-state index < -0.39 is 140 Å². The van der Waals surface area contributed by atoms with Crippen LogP contribution in [0.2, 0.25) is 0 Å². The number of phenols is 1. The van der Waals surface area contributed by atoms with Gasteiger partial charge in [-0.05, 0) is 35.6 Å². The van der Waals surface area contributed by atoms with Crippen LogP contribution < -0.4 is 48.3 Å². The molecule has 25 heteroatoms. The molecule has 67 heavy (non-hydrogen) atoms. The summed E-state index contributed by atoms with van der Waals surface area (Å²) in [6.45, 7) is 0.788. The van der Waals surface area contributed by atoms with Gasteiger partial charge in [0.05, 0.1) is 25.7 Å². The number of benzene rings is 2. The molecule has 0 heterocycles. The summed E-state index contributed by atoms with van der Waals surface area (Å²) < 4.78 is 0. The van der Waals surface area contributed by atoms with Crippen LogP contribution in [0.5, 0.6) is 5.75 Å². The van der Waals surface area contributed by atoms with Gasteiger partial charge in [0.1, 0.15) is 42.0 Å². The van der Waals surface area contributed by atoms with E-state index in [4.69, 9.17) is 5.73 Å². The number of hydrogen-bond donors (Lipinski definition) is 15. The number of carbonyl (C=O) groups excluding carboxylic acids is 8. The van der Waals surface area contributed by atoms with Crippen LogP contribution in [-0.2, 0) is 60.8 Å². The van der Waals surface area contributed by atoms with Crippen LogP contribution in [0.15, 0.2) is 54.6 Å². The van der Waals surface area contributed by atoms with Crippen LogP contribution in [0.1, 0.15) is 44.2 Å². The summed E-state index contributed by atoms with van der Waals surface area (Å²) in [4.78, 5) is 128. The van der Waals surface area contributed by atoms with E-state index in [1.807, 2.05) is 0 Å². The first-order valence-electron chi connectivity index (χ1n) is 20.9. The summed E-state index contributed by atoms with van der Waals surface area (Å²) in [5.74, 6) is -10.9. The fourth-order valence-corrected chi connectivity index (χ4v) is 6.39. The number of rotatable bonds is 29. The maximum atomic E-state index is 13.7. The van der Waals surface area contributed by atoms with Crippen molar-refractivity contribution in [3.05, 3.63) is 65.7 Å². The molecule has 0 fully saturated rings. The second kappa shape index (κ2) is 29.3. The normalized spacial score (nSPS) is 14.4. The highest BCUT2D eigenvalue weighted by atomic mass is 32.1. The third-order valence-corrected chi connectivity index (χ3v) is 10.8. The molecule has 0 aliphatic heterocycles. The standard InChI is InChI=1S/C42H59N9O14S2/c1-3-22(2)35(41(63)48-29(15-23-7-5-4-6-8-23)40(62)50-31(21-67)42(64)65)51-33(55)18-45-38(60)30(19-52)49-39(61)27(13-14-34(56)57)46-32(54)17-44-37(59)28(47-36(58)26(43)20-66)16-24-9-11-25(53)12-10-24/h4-12,22,26-31,35,52-53,66-67H,3,13-21,43H2,1-2H3,(H,44,59)(H,45,60)(H,46,54)(H,47,58)(H,48,63)(H,49,61)(H,50,62)(H,51,55)(H,56,57)(H,64,65). The Bertz CT molecular complexity index is 2030. The van der Waals surface area contributed by atoms with Gasteiger partial charge in [-0.1, -0.05) is 62.7 Å². The van der Waals surface area contributed by atoms with Crippen LogP contribution in [0.25, 0.3) is 0 Å². The summed E-state index contributed by atoms with van der Waals surface area (Å²) in [6, 6.07) is 4.64. The number of aliphatic hydroxyl groups is 1. The van der Waals surface area contributed by atoms with Crippen molar-refractivity contribution in [2.75, 3.05) is 31.2 Å². The van der Waals surface area contributed by atoms with Gasteiger partial charge in [-0.15, -0.1) is 0 Å². The number of nitrogens with one attached hydrogen (secondary N) is 8.